The molecule has 0 aromatic carbocycles. The van der Waals surface area contributed by atoms with Gasteiger partial charge in [-0.25, -0.2) is 9.67 Å². The number of aryl methyl sites for hydroxylation is 3. The Morgan fingerprint density at radius 3 is 2.78 bits per heavy atom. The molecule has 0 unspecified atom stereocenters. The average molecular weight is 387 g/mol. The summed E-state index contributed by atoms with van der Waals surface area (Å²) in [6.07, 6.45) is 8.40. The molecule has 2 aromatic heterocycles. The fraction of sp³-hybridized carbons (Fsp3) is 0.600. The fourth-order valence-electron chi connectivity index (χ4n) is 4.09. The van der Waals surface area contributed by atoms with E-state index >= 15 is 0 Å². The van der Waals surface area contributed by atoms with Gasteiger partial charge in [0.25, 0.3) is 5.56 Å². The summed E-state index contributed by atoms with van der Waals surface area (Å²) < 4.78 is 1.66. The summed E-state index contributed by atoms with van der Waals surface area (Å²) in [5.41, 5.74) is 2.27. The number of piperidine rings is 1. The van der Waals surface area contributed by atoms with Gasteiger partial charge in [-0.3, -0.25) is 9.59 Å². The van der Waals surface area contributed by atoms with Crippen LogP contribution < -0.4 is 5.56 Å². The van der Waals surface area contributed by atoms with Crippen LogP contribution in [0.2, 0.25) is 0 Å². The maximum atomic E-state index is 12.5. The maximum absolute atomic E-state index is 12.5. The lowest BCUT2D eigenvalue weighted by Gasteiger charge is -2.32. The summed E-state index contributed by atoms with van der Waals surface area (Å²) >= 11 is 1.59. The third-order valence-electron chi connectivity index (χ3n) is 5.67. The lowest BCUT2D eigenvalue weighted by Crippen LogP contribution is -2.41. The van der Waals surface area contributed by atoms with E-state index in [2.05, 4.69) is 10.1 Å². The molecule has 0 N–H and O–H groups in total. The number of fused-ring (bicyclic) bond motifs is 1. The standard InChI is InChI=1S/C20H26N4O2S/c1-14-21-12-17(27-14)11-19(25)23-8-6-15(7-9-23)13-24-20(26)10-16-4-2-3-5-18(16)22-24/h10,12,15H,2-9,11,13H2,1H3. The number of aromatic nitrogens is 3. The first-order chi connectivity index (χ1) is 13.1. The zero-order valence-electron chi connectivity index (χ0n) is 15.8. The molecule has 1 amide bonds. The Bertz CT molecular complexity index is 880. The molecule has 0 spiro atoms. The predicted octanol–water partition coefficient (Wildman–Crippen LogP) is 2.37. The number of thiazole rings is 1. The second-order valence-corrected chi connectivity index (χ2v) is 9.01. The van der Waals surface area contributed by atoms with Gasteiger partial charge in [0.05, 0.1) is 17.1 Å². The van der Waals surface area contributed by atoms with Gasteiger partial charge in [-0.2, -0.15) is 5.10 Å². The molecule has 27 heavy (non-hydrogen) atoms. The molecule has 2 aliphatic rings. The molecular weight excluding hydrogens is 360 g/mol. The summed E-state index contributed by atoms with van der Waals surface area (Å²) in [6, 6.07) is 1.79. The SMILES string of the molecule is Cc1ncc(CC(=O)N2CCC(Cn3nc4c(cc3=O)CCCC4)CC2)s1. The highest BCUT2D eigenvalue weighted by molar-refractivity contribution is 7.11. The largest absolute Gasteiger partial charge is 0.342 e. The van der Waals surface area contributed by atoms with Crippen molar-refractivity contribution in [2.45, 2.75) is 58.4 Å². The molecule has 144 valence electrons. The van der Waals surface area contributed by atoms with Crippen molar-refractivity contribution >= 4 is 17.2 Å². The van der Waals surface area contributed by atoms with Crippen molar-refractivity contribution in [1.29, 1.82) is 0 Å². The van der Waals surface area contributed by atoms with Crippen LogP contribution in [0.1, 0.15) is 46.8 Å². The van der Waals surface area contributed by atoms with Crippen LogP contribution in [0.25, 0.3) is 0 Å². The van der Waals surface area contributed by atoms with Crippen LogP contribution in [0.3, 0.4) is 0 Å². The molecule has 1 aliphatic heterocycles. The Balaban J connectivity index is 1.33. The number of carbonyl (C=O) groups is 1. The topological polar surface area (TPSA) is 68.1 Å². The van der Waals surface area contributed by atoms with Crippen LogP contribution in [-0.4, -0.2) is 38.7 Å². The van der Waals surface area contributed by atoms with E-state index in [4.69, 9.17) is 0 Å². The number of carbonyl (C=O) groups excluding carboxylic acids is 1. The van der Waals surface area contributed by atoms with Crippen molar-refractivity contribution in [3.05, 3.63) is 43.8 Å². The van der Waals surface area contributed by atoms with Gasteiger partial charge in [0, 0.05) is 36.8 Å². The molecule has 3 heterocycles. The van der Waals surface area contributed by atoms with Crippen LogP contribution >= 0.6 is 11.3 Å². The first-order valence-corrected chi connectivity index (χ1v) is 10.7. The van der Waals surface area contributed by atoms with Crippen molar-refractivity contribution in [2.24, 2.45) is 5.92 Å². The summed E-state index contributed by atoms with van der Waals surface area (Å²) in [6.45, 7) is 4.16. The highest BCUT2D eigenvalue weighted by Crippen LogP contribution is 2.21. The molecule has 1 fully saturated rings. The van der Waals surface area contributed by atoms with Crippen LogP contribution in [0, 0.1) is 12.8 Å². The van der Waals surface area contributed by atoms with Crippen LogP contribution in [0.5, 0.6) is 0 Å². The molecule has 2 aromatic rings. The first kappa shape index (κ1) is 18.3. The molecule has 7 heteroatoms. The minimum Gasteiger partial charge on any atom is -0.342 e. The zero-order chi connectivity index (χ0) is 18.8. The summed E-state index contributed by atoms with van der Waals surface area (Å²) in [4.78, 5) is 32.1. The third-order valence-corrected chi connectivity index (χ3v) is 6.58. The van der Waals surface area contributed by atoms with Crippen LogP contribution in [0.15, 0.2) is 17.1 Å². The predicted molar refractivity (Wildman–Crippen MR) is 105 cm³/mol. The monoisotopic (exact) mass is 386 g/mol. The van der Waals surface area contributed by atoms with E-state index < -0.39 is 0 Å². The van der Waals surface area contributed by atoms with Gasteiger partial charge < -0.3 is 4.90 Å². The molecule has 6 nitrogen and oxygen atoms in total. The highest BCUT2D eigenvalue weighted by atomic mass is 32.1. The van der Waals surface area contributed by atoms with E-state index in [1.54, 1.807) is 28.3 Å². The number of hydrogen-bond acceptors (Lipinski definition) is 5. The smallest absolute Gasteiger partial charge is 0.267 e. The van der Waals surface area contributed by atoms with E-state index in [9.17, 15) is 9.59 Å². The lowest BCUT2D eigenvalue weighted by molar-refractivity contribution is -0.131. The van der Waals surface area contributed by atoms with Gasteiger partial charge in [-0.1, -0.05) is 0 Å². The summed E-state index contributed by atoms with van der Waals surface area (Å²) in [5.74, 6) is 0.590. The number of hydrogen-bond donors (Lipinski definition) is 0. The van der Waals surface area contributed by atoms with Gasteiger partial charge in [0.2, 0.25) is 5.91 Å². The van der Waals surface area contributed by atoms with E-state index in [0.29, 0.717) is 18.9 Å². The number of likely N-dealkylation sites (tertiary alicyclic amines) is 1. The molecule has 1 saturated heterocycles. The molecule has 0 atom stereocenters. The Hall–Kier alpha value is -2.02. The quantitative estimate of drug-likeness (QED) is 0.809. The number of nitrogens with zero attached hydrogens (tertiary/aromatic N) is 4. The van der Waals surface area contributed by atoms with Gasteiger partial charge in [-0.15, -0.1) is 11.3 Å². The lowest BCUT2D eigenvalue weighted by atomic mass is 9.95. The van der Waals surface area contributed by atoms with E-state index in [-0.39, 0.29) is 11.5 Å². The Kier molecular flexibility index (Phi) is 5.38. The van der Waals surface area contributed by atoms with Crippen molar-refractivity contribution in [2.75, 3.05) is 13.1 Å². The summed E-state index contributed by atoms with van der Waals surface area (Å²) in [5, 5.41) is 5.64. The van der Waals surface area contributed by atoms with E-state index in [1.165, 1.54) is 0 Å². The number of rotatable bonds is 4. The number of amides is 1. The van der Waals surface area contributed by atoms with E-state index in [0.717, 1.165) is 72.8 Å². The minimum atomic E-state index is 0.0229. The molecular formula is C20H26N4O2S. The van der Waals surface area contributed by atoms with Gasteiger partial charge in [-0.05, 0) is 56.9 Å². The van der Waals surface area contributed by atoms with Crippen LogP contribution in [0.4, 0.5) is 0 Å². The van der Waals surface area contributed by atoms with Gasteiger partial charge in [0.15, 0.2) is 0 Å². The second kappa shape index (κ2) is 7.92. The molecule has 0 bridgehead atoms. The first-order valence-electron chi connectivity index (χ1n) is 9.87. The maximum Gasteiger partial charge on any atom is 0.267 e. The van der Waals surface area contributed by atoms with Crippen LogP contribution in [-0.2, 0) is 30.6 Å². The Morgan fingerprint density at radius 1 is 1.26 bits per heavy atom. The zero-order valence-corrected chi connectivity index (χ0v) is 16.6. The van der Waals surface area contributed by atoms with Crippen molar-refractivity contribution in [3.63, 3.8) is 0 Å². The second-order valence-electron chi connectivity index (χ2n) is 7.69. The highest BCUT2D eigenvalue weighted by Gasteiger charge is 2.24. The van der Waals surface area contributed by atoms with Crippen molar-refractivity contribution < 1.29 is 4.79 Å². The minimum absolute atomic E-state index is 0.0229. The summed E-state index contributed by atoms with van der Waals surface area (Å²) in [7, 11) is 0. The third kappa shape index (κ3) is 4.29. The van der Waals surface area contributed by atoms with Crippen molar-refractivity contribution in [1.82, 2.24) is 19.7 Å². The Labute approximate surface area is 163 Å². The average Bonchev–Trinajstić information content (AvgIpc) is 3.07. The normalized spacial score (nSPS) is 17.7. The fourth-order valence-corrected chi connectivity index (χ4v) is 4.88. The van der Waals surface area contributed by atoms with Gasteiger partial charge >= 0.3 is 0 Å². The molecule has 4 rings (SSSR count). The van der Waals surface area contributed by atoms with Crippen molar-refractivity contribution in [3.8, 4) is 0 Å². The molecule has 0 radical (unpaired) electrons. The Morgan fingerprint density at radius 2 is 2.04 bits per heavy atom. The molecule has 1 aliphatic carbocycles. The van der Waals surface area contributed by atoms with Gasteiger partial charge in [0.1, 0.15) is 0 Å². The molecule has 0 saturated carbocycles. The van der Waals surface area contributed by atoms with E-state index in [1.807, 2.05) is 11.8 Å².